The summed E-state index contributed by atoms with van der Waals surface area (Å²) in [5, 5.41) is 5.93. The van der Waals surface area contributed by atoms with Crippen LogP contribution in [-0.2, 0) is 9.53 Å². The second kappa shape index (κ2) is 4.35. The number of amides is 1. The van der Waals surface area contributed by atoms with Crippen LogP contribution in [0.25, 0.3) is 0 Å². The van der Waals surface area contributed by atoms with E-state index in [0.717, 1.165) is 0 Å². The quantitative estimate of drug-likeness (QED) is 0.632. The molecule has 1 heterocycles. The van der Waals surface area contributed by atoms with Gasteiger partial charge in [-0.05, 0) is 0 Å². The molecule has 1 rings (SSSR count). The fraction of sp³-hybridized carbons (Fsp3) is 0.429. The Morgan fingerprint density at radius 1 is 1.64 bits per heavy atom. The molecule has 0 fully saturated rings. The second-order valence-corrected chi connectivity index (χ2v) is 2.57. The topological polar surface area (TPSA) is 88.2 Å². The summed E-state index contributed by atoms with van der Waals surface area (Å²) < 4.78 is 4.41. The standard InChI is InChI=1S/C7H10N4O3/c1-11(3-5(12)14-2)7(13)6-8-4-9-10-6/h4H,3H2,1-2H3,(H,8,9,10). The van der Waals surface area contributed by atoms with Gasteiger partial charge < -0.3 is 9.64 Å². The smallest absolute Gasteiger partial charge is 0.325 e. The maximum Gasteiger partial charge on any atom is 0.325 e. The summed E-state index contributed by atoms with van der Waals surface area (Å²) in [6.07, 6.45) is 1.22. The van der Waals surface area contributed by atoms with E-state index < -0.39 is 11.9 Å². The van der Waals surface area contributed by atoms with Crippen molar-refractivity contribution in [2.24, 2.45) is 0 Å². The number of nitrogens with zero attached hydrogens (tertiary/aromatic N) is 3. The first kappa shape index (κ1) is 10.2. The van der Waals surface area contributed by atoms with Gasteiger partial charge >= 0.3 is 5.97 Å². The van der Waals surface area contributed by atoms with Crippen molar-refractivity contribution in [1.29, 1.82) is 0 Å². The number of hydrogen-bond acceptors (Lipinski definition) is 5. The van der Waals surface area contributed by atoms with Crippen molar-refractivity contribution in [2.75, 3.05) is 20.7 Å². The van der Waals surface area contributed by atoms with E-state index in [-0.39, 0.29) is 12.4 Å². The molecule has 14 heavy (non-hydrogen) atoms. The van der Waals surface area contributed by atoms with Gasteiger partial charge in [-0.25, -0.2) is 4.98 Å². The minimum atomic E-state index is -0.486. The average Bonchev–Trinajstić information content (AvgIpc) is 2.69. The number of rotatable bonds is 3. The molecular weight excluding hydrogens is 188 g/mol. The van der Waals surface area contributed by atoms with Gasteiger partial charge in [0.05, 0.1) is 7.11 Å². The largest absolute Gasteiger partial charge is 0.468 e. The van der Waals surface area contributed by atoms with E-state index in [1.807, 2.05) is 0 Å². The van der Waals surface area contributed by atoms with Crippen LogP contribution in [-0.4, -0.2) is 52.7 Å². The SMILES string of the molecule is COC(=O)CN(C)C(=O)c1ncn[nH]1. The normalized spacial score (nSPS) is 9.57. The number of nitrogens with one attached hydrogen (secondary N) is 1. The van der Waals surface area contributed by atoms with E-state index in [1.165, 1.54) is 25.4 Å². The zero-order valence-corrected chi connectivity index (χ0v) is 7.85. The average molecular weight is 198 g/mol. The molecule has 0 radical (unpaired) electrons. The van der Waals surface area contributed by atoms with Gasteiger partial charge in [-0.15, -0.1) is 0 Å². The molecule has 0 aliphatic heterocycles. The number of methoxy groups -OCH3 is 1. The zero-order valence-electron chi connectivity index (χ0n) is 7.85. The highest BCUT2D eigenvalue weighted by Gasteiger charge is 2.17. The fourth-order valence-corrected chi connectivity index (χ4v) is 0.819. The molecule has 1 aromatic heterocycles. The lowest BCUT2D eigenvalue weighted by molar-refractivity contribution is -0.141. The molecule has 0 atom stereocenters. The lowest BCUT2D eigenvalue weighted by atomic mass is 10.4. The summed E-state index contributed by atoms with van der Waals surface area (Å²) in [6, 6.07) is 0. The van der Waals surface area contributed by atoms with E-state index in [2.05, 4.69) is 19.9 Å². The molecule has 7 heteroatoms. The third-order valence-corrected chi connectivity index (χ3v) is 1.56. The molecule has 76 valence electrons. The van der Waals surface area contributed by atoms with Crippen molar-refractivity contribution >= 4 is 11.9 Å². The Hall–Kier alpha value is -1.92. The highest BCUT2D eigenvalue weighted by molar-refractivity contribution is 5.92. The van der Waals surface area contributed by atoms with Crippen LogP contribution in [0.5, 0.6) is 0 Å². The van der Waals surface area contributed by atoms with Crippen LogP contribution in [0.3, 0.4) is 0 Å². The predicted molar refractivity (Wildman–Crippen MR) is 45.4 cm³/mol. The van der Waals surface area contributed by atoms with Crippen LogP contribution >= 0.6 is 0 Å². The molecule has 1 aromatic rings. The number of aromatic nitrogens is 3. The third-order valence-electron chi connectivity index (χ3n) is 1.56. The molecule has 0 aromatic carbocycles. The molecular formula is C7H10N4O3. The number of carbonyl (C=O) groups excluding carboxylic acids is 2. The Morgan fingerprint density at radius 2 is 2.36 bits per heavy atom. The van der Waals surface area contributed by atoms with Gasteiger partial charge in [0.25, 0.3) is 5.91 Å². The van der Waals surface area contributed by atoms with Gasteiger partial charge in [-0.1, -0.05) is 0 Å². The van der Waals surface area contributed by atoms with Crippen molar-refractivity contribution in [2.45, 2.75) is 0 Å². The number of ether oxygens (including phenoxy) is 1. The Labute approximate surface area is 80.1 Å². The predicted octanol–water partition coefficient (Wildman–Crippen LogP) is -0.950. The Kier molecular flexibility index (Phi) is 3.16. The highest BCUT2D eigenvalue weighted by atomic mass is 16.5. The molecule has 0 unspecified atom stereocenters. The molecule has 0 saturated carbocycles. The fourth-order valence-electron chi connectivity index (χ4n) is 0.819. The van der Waals surface area contributed by atoms with Crippen LogP contribution in [0, 0.1) is 0 Å². The first-order valence-electron chi connectivity index (χ1n) is 3.82. The molecule has 7 nitrogen and oxygen atoms in total. The van der Waals surface area contributed by atoms with E-state index in [4.69, 9.17) is 0 Å². The summed E-state index contributed by atoms with van der Waals surface area (Å²) in [4.78, 5) is 27.1. The maximum absolute atomic E-state index is 11.4. The van der Waals surface area contributed by atoms with Gasteiger partial charge in [0.1, 0.15) is 12.9 Å². The highest BCUT2D eigenvalue weighted by Crippen LogP contribution is 1.94. The van der Waals surface area contributed by atoms with Gasteiger partial charge in [-0.3, -0.25) is 14.7 Å². The summed E-state index contributed by atoms with van der Waals surface area (Å²) >= 11 is 0. The van der Waals surface area contributed by atoms with E-state index in [0.29, 0.717) is 0 Å². The van der Waals surface area contributed by atoms with Gasteiger partial charge in [-0.2, -0.15) is 5.10 Å². The molecule has 0 bridgehead atoms. The summed E-state index contributed by atoms with van der Waals surface area (Å²) in [5.74, 6) is -0.801. The second-order valence-electron chi connectivity index (χ2n) is 2.57. The molecule has 0 aliphatic carbocycles. The van der Waals surface area contributed by atoms with E-state index >= 15 is 0 Å². The number of likely N-dealkylation sites (N-methyl/N-ethyl adjacent to an activating group) is 1. The van der Waals surface area contributed by atoms with Crippen molar-refractivity contribution in [3.05, 3.63) is 12.2 Å². The van der Waals surface area contributed by atoms with Gasteiger partial charge in [0, 0.05) is 7.05 Å². The van der Waals surface area contributed by atoms with E-state index in [9.17, 15) is 9.59 Å². The molecule has 0 aliphatic rings. The van der Waals surface area contributed by atoms with Crippen LogP contribution in [0.2, 0.25) is 0 Å². The lowest BCUT2D eigenvalue weighted by Crippen LogP contribution is -2.33. The number of aromatic amines is 1. The number of esters is 1. The van der Waals surface area contributed by atoms with Crippen LogP contribution in [0.1, 0.15) is 10.6 Å². The lowest BCUT2D eigenvalue weighted by Gasteiger charge is -2.13. The van der Waals surface area contributed by atoms with Crippen LogP contribution in [0.15, 0.2) is 6.33 Å². The van der Waals surface area contributed by atoms with Crippen molar-refractivity contribution in [3.8, 4) is 0 Å². The first-order valence-corrected chi connectivity index (χ1v) is 3.82. The monoisotopic (exact) mass is 198 g/mol. The molecule has 0 spiro atoms. The van der Waals surface area contributed by atoms with Crippen LogP contribution < -0.4 is 0 Å². The number of hydrogen-bond donors (Lipinski definition) is 1. The Bertz CT molecular complexity index is 322. The minimum Gasteiger partial charge on any atom is -0.468 e. The van der Waals surface area contributed by atoms with Gasteiger partial charge in [0.2, 0.25) is 5.82 Å². The molecule has 0 saturated heterocycles. The van der Waals surface area contributed by atoms with Crippen LogP contribution in [0.4, 0.5) is 0 Å². The zero-order chi connectivity index (χ0) is 10.6. The first-order chi connectivity index (χ1) is 6.65. The Balaban J connectivity index is 2.58. The molecule has 1 amide bonds. The maximum atomic E-state index is 11.4. The van der Waals surface area contributed by atoms with E-state index in [1.54, 1.807) is 0 Å². The third kappa shape index (κ3) is 2.28. The minimum absolute atomic E-state index is 0.0939. The summed E-state index contributed by atoms with van der Waals surface area (Å²) in [6.45, 7) is -0.115. The molecule has 1 N–H and O–H groups in total. The number of H-pyrrole nitrogens is 1. The van der Waals surface area contributed by atoms with Crippen molar-refractivity contribution in [1.82, 2.24) is 20.1 Å². The number of carbonyl (C=O) groups is 2. The van der Waals surface area contributed by atoms with Crippen molar-refractivity contribution < 1.29 is 14.3 Å². The summed E-state index contributed by atoms with van der Waals surface area (Å²) in [7, 11) is 2.73. The summed E-state index contributed by atoms with van der Waals surface area (Å²) in [5.41, 5.74) is 0. The van der Waals surface area contributed by atoms with Gasteiger partial charge in [0.15, 0.2) is 0 Å². The Morgan fingerprint density at radius 3 is 2.86 bits per heavy atom. The van der Waals surface area contributed by atoms with Crippen molar-refractivity contribution in [3.63, 3.8) is 0 Å².